The number of anilines is 1. The first-order chi connectivity index (χ1) is 8.31. The first-order valence-corrected chi connectivity index (χ1v) is 5.84. The van der Waals surface area contributed by atoms with Crippen LogP contribution in [0.4, 0.5) is 5.82 Å². The van der Waals surface area contributed by atoms with E-state index in [1.165, 1.54) is 0 Å². The average molecular weight is 229 g/mol. The van der Waals surface area contributed by atoms with Crippen LogP contribution in [0.5, 0.6) is 0 Å². The molecule has 0 amide bonds. The number of fused-ring (bicyclic) bond motifs is 1. The molecule has 88 valence electrons. The van der Waals surface area contributed by atoms with Crippen LogP contribution < -0.4 is 5.32 Å². The van der Waals surface area contributed by atoms with E-state index >= 15 is 0 Å². The molecule has 0 radical (unpaired) electrons. The maximum atomic E-state index is 4.46. The van der Waals surface area contributed by atoms with Crippen molar-refractivity contribution < 1.29 is 0 Å². The normalized spacial score (nSPS) is 20.9. The van der Waals surface area contributed by atoms with Gasteiger partial charge in [0.1, 0.15) is 11.3 Å². The number of rotatable bonds is 2. The molecule has 1 unspecified atom stereocenters. The fraction of sp³-hybridized carbons (Fsp3) is 0.417. The molecular formula is C12H15N5. The van der Waals surface area contributed by atoms with Gasteiger partial charge in [0.2, 0.25) is 0 Å². The summed E-state index contributed by atoms with van der Waals surface area (Å²) < 4.78 is 0. The molecule has 1 aliphatic rings. The highest BCUT2D eigenvalue weighted by atomic mass is 15.2. The minimum atomic E-state index is 0.488. The third-order valence-corrected chi connectivity index (χ3v) is 3.07. The molecule has 1 aliphatic heterocycles. The molecule has 0 spiro atoms. The van der Waals surface area contributed by atoms with Gasteiger partial charge >= 0.3 is 0 Å². The van der Waals surface area contributed by atoms with Crippen LogP contribution in [-0.4, -0.2) is 46.0 Å². The van der Waals surface area contributed by atoms with Crippen LogP contribution in [0, 0.1) is 0 Å². The van der Waals surface area contributed by atoms with Crippen molar-refractivity contribution in [2.75, 3.05) is 25.5 Å². The minimum absolute atomic E-state index is 0.488. The van der Waals surface area contributed by atoms with Crippen LogP contribution in [0.3, 0.4) is 0 Å². The van der Waals surface area contributed by atoms with Crippen LogP contribution in [-0.2, 0) is 0 Å². The Bertz CT molecular complexity index is 527. The molecule has 0 bridgehead atoms. The fourth-order valence-corrected chi connectivity index (χ4v) is 2.20. The Morgan fingerprint density at radius 1 is 1.29 bits per heavy atom. The second kappa shape index (κ2) is 4.25. The first-order valence-electron chi connectivity index (χ1n) is 5.84. The maximum Gasteiger partial charge on any atom is 0.180 e. The highest BCUT2D eigenvalue weighted by Gasteiger charge is 2.19. The van der Waals surface area contributed by atoms with Crippen molar-refractivity contribution in [3.8, 4) is 0 Å². The molecule has 5 nitrogen and oxygen atoms in total. The van der Waals surface area contributed by atoms with Gasteiger partial charge in [0, 0.05) is 25.0 Å². The van der Waals surface area contributed by atoms with E-state index in [-0.39, 0.29) is 0 Å². The van der Waals surface area contributed by atoms with Crippen molar-refractivity contribution >= 4 is 17.0 Å². The largest absolute Gasteiger partial charge is 0.366 e. The van der Waals surface area contributed by atoms with E-state index in [0.717, 1.165) is 30.8 Å². The van der Waals surface area contributed by atoms with Gasteiger partial charge in [-0.25, -0.2) is 9.97 Å². The molecule has 2 aromatic heterocycles. The number of aromatic nitrogens is 3. The lowest BCUT2D eigenvalue weighted by Crippen LogP contribution is -2.23. The van der Waals surface area contributed by atoms with Crippen molar-refractivity contribution in [1.82, 2.24) is 19.9 Å². The standard InChI is InChI=1S/C12H15N5/c1-17-7-4-9(8-17)15-11-3-2-10-12(16-11)14-6-5-13-10/h2-3,5-6,9H,4,7-8H2,1H3,(H,14,15,16). The highest BCUT2D eigenvalue weighted by Crippen LogP contribution is 2.15. The van der Waals surface area contributed by atoms with Crippen molar-refractivity contribution in [2.45, 2.75) is 12.5 Å². The molecule has 1 atom stereocenters. The van der Waals surface area contributed by atoms with E-state index < -0.39 is 0 Å². The predicted octanol–water partition coefficient (Wildman–Crippen LogP) is 1.14. The van der Waals surface area contributed by atoms with Gasteiger partial charge in [0.25, 0.3) is 0 Å². The zero-order valence-electron chi connectivity index (χ0n) is 9.80. The Morgan fingerprint density at radius 2 is 2.18 bits per heavy atom. The molecule has 3 heterocycles. The van der Waals surface area contributed by atoms with Crippen molar-refractivity contribution in [3.63, 3.8) is 0 Å². The lowest BCUT2D eigenvalue weighted by atomic mass is 10.2. The van der Waals surface area contributed by atoms with Crippen LogP contribution in [0.15, 0.2) is 24.5 Å². The molecule has 0 aromatic carbocycles. The van der Waals surface area contributed by atoms with Gasteiger partial charge in [0.05, 0.1) is 0 Å². The van der Waals surface area contributed by atoms with E-state index in [1.807, 2.05) is 12.1 Å². The van der Waals surface area contributed by atoms with Gasteiger partial charge in [-0.1, -0.05) is 0 Å². The summed E-state index contributed by atoms with van der Waals surface area (Å²) >= 11 is 0. The number of likely N-dealkylation sites (N-methyl/N-ethyl adjacent to an activating group) is 1. The number of hydrogen-bond donors (Lipinski definition) is 1. The molecule has 0 saturated carbocycles. The van der Waals surface area contributed by atoms with Gasteiger partial charge in [-0.3, -0.25) is 4.98 Å². The second-order valence-corrected chi connectivity index (χ2v) is 4.49. The second-order valence-electron chi connectivity index (χ2n) is 4.49. The summed E-state index contributed by atoms with van der Waals surface area (Å²) in [4.78, 5) is 15.2. The minimum Gasteiger partial charge on any atom is -0.366 e. The topological polar surface area (TPSA) is 53.9 Å². The van der Waals surface area contributed by atoms with Gasteiger partial charge in [0.15, 0.2) is 5.65 Å². The van der Waals surface area contributed by atoms with Gasteiger partial charge < -0.3 is 10.2 Å². The van der Waals surface area contributed by atoms with Crippen LogP contribution in [0.1, 0.15) is 6.42 Å². The van der Waals surface area contributed by atoms with Crippen molar-refractivity contribution in [1.29, 1.82) is 0 Å². The Labute approximate surface area is 99.9 Å². The number of pyridine rings is 1. The molecule has 1 N–H and O–H groups in total. The quantitative estimate of drug-likeness (QED) is 0.837. The fourth-order valence-electron chi connectivity index (χ4n) is 2.20. The lowest BCUT2D eigenvalue weighted by molar-refractivity contribution is 0.414. The van der Waals surface area contributed by atoms with Gasteiger partial charge in [-0.05, 0) is 32.1 Å². The lowest BCUT2D eigenvalue weighted by Gasteiger charge is -2.13. The SMILES string of the molecule is CN1CCC(Nc2ccc3nccnc3n2)C1. The highest BCUT2D eigenvalue weighted by molar-refractivity contribution is 5.71. The summed E-state index contributed by atoms with van der Waals surface area (Å²) in [6.45, 7) is 2.21. The Morgan fingerprint density at radius 3 is 3.00 bits per heavy atom. The molecule has 5 heteroatoms. The van der Waals surface area contributed by atoms with E-state index in [2.05, 4.69) is 32.2 Å². The molecule has 1 saturated heterocycles. The molecule has 17 heavy (non-hydrogen) atoms. The summed E-state index contributed by atoms with van der Waals surface area (Å²) in [7, 11) is 2.14. The monoisotopic (exact) mass is 229 g/mol. The van der Waals surface area contributed by atoms with E-state index in [9.17, 15) is 0 Å². The summed E-state index contributed by atoms with van der Waals surface area (Å²) in [6.07, 6.45) is 4.52. The van der Waals surface area contributed by atoms with Gasteiger partial charge in [-0.2, -0.15) is 0 Å². The summed E-state index contributed by atoms with van der Waals surface area (Å²) in [5.41, 5.74) is 1.53. The maximum absolute atomic E-state index is 4.46. The van der Waals surface area contributed by atoms with Crippen molar-refractivity contribution in [2.24, 2.45) is 0 Å². The molecule has 1 fully saturated rings. The van der Waals surface area contributed by atoms with E-state index in [1.54, 1.807) is 12.4 Å². The van der Waals surface area contributed by atoms with E-state index in [0.29, 0.717) is 11.7 Å². The molecular weight excluding hydrogens is 214 g/mol. The van der Waals surface area contributed by atoms with Crippen LogP contribution in [0.25, 0.3) is 11.2 Å². The zero-order chi connectivity index (χ0) is 11.7. The van der Waals surface area contributed by atoms with Crippen LogP contribution >= 0.6 is 0 Å². The Kier molecular flexibility index (Phi) is 2.60. The van der Waals surface area contributed by atoms with Crippen molar-refractivity contribution in [3.05, 3.63) is 24.5 Å². The number of nitrogens with one attached hydrogen (secondary N) is 1. The summed E-state index contributed by atoms with van der Waals surface area (Å²) in [6, 6.07) is 4.41. The van der Waals surface area contributed by atoms with Crippen LogP contribution in [0.2, 0.25) is 0 Å². The first kappa shape index (κ1) is 10.4. The number of likely N-dealkylation sites (tertiary alicyclic amines) is 1. The summed E-state index contributed by atoms with van der Waals surface area (Å²) in [5.74, 6) is 0.887. The molecule has 3 rings (SSSR count). The zero-order valence-corrected chi connectivity index (χ0v) is 9.80. The predicted molar refractivity (Wildman–Crippen MR) is 66.9 cm³/mol. The third-order valence-electron chi connectivity index (χ3n) is 3.07. The van der Waals surface area contributed by atoms with E-state index in [4.69, 9.17) is 0 Å². The van der Waals surface area contributed by atoms with Gasteiger partial charge in [-0.15, -0.1) is 0 Å². The Hall–Kier alpha value is -1.75. The smallest absolute Gasteiger partial charge is 0.180 e. The average Bonchev–Trinajstić information content (AvgIpc) is 2.75. The summed E-state index contributed by atoms with van der Waals surface area (Å²) in [5, 5.41) is 3.44. The number of hydrogen-bond acceptors (Lipinski definition) is 5. The third kappa shape index (κ3) is 2.19. The number of nitrogens with zero attached hydrogens (tertiary/aromatic N) is 4. The molecule has 0 aliphatic carbocycles. The Balaban J connectivity index is 1.81. The molecule has 2 aromatic rings.